The molecular formula is C10H9Cl2N3O4S. The number of rotatable bonds is 3. The minimum absolute atomic E-state index is 0.0159. The Hall–Kier alpha value is -1.22. The molecule has 2 N–H and O–H groups in total. The van der Waals surface area contributed by atoms with Gasteiger partial charge in [-0.15, -0.1) is 0 Å². The molecule has 1 aromatic rings. The largest absolute Gasteiger partial charge is 0.295 e. The van der Waals surface area contributed by atoms with Crippen LogP contribution in [-0.2, 0) is 19.6 Å². The number of hydrogen-bond acceptors (Lipinski definition) is 5. The topological polar surface area (TPSA) is 105 Å². The second kappa shape index (κ2) is 5.65. The summed E-state index contributed by atoms with van der Waals surface area (Å²) in [6.07, 6.45) is 1.19. The van der Waals surface area contributed by atoms with Crippen molar-refractivity contribution in [2.75, 3.05) is 0 Å². The minimum Gasteiger partial charge on any atom is -0.295 e. The molecule has 1 aliphatic heterocycles. The first-order valence-electron chi connectivity index (χ1n) is 5.46. The van der Waals surface area contributed by atoms with Gasteiger partial charge in [0.1, 0.15) is 16.1 Å². The molecule has 1 atom stereocenters. The summed E-state index contributed by atoms with van der Waals surface area (Å²) < 4.78 is 26.3. The van der Waals surface area contributed by atoms with Crippen molar-refractivity contribution in [2.24, 2.45) is 0 Å². The van der Waals surface area contributed by atoms with Gasteiger partial charge in [-0.2, -0.15) is 4.72 Å². The summed E-state index contributed by atoms with van der Waals surface area (Å²) in [6.45, 7) is 0. The standard InChI is InChI=1S/C10H9Cl2N3O4S/c11-6-3-5(4-13-9(6)12)20(18,19)15-7-1-2-8(16)14-10(7)17/h3-4,7,15H,1-2H2,(H,14,16,17). The van der Waals surface area contributed by atoms with Crippen molar-refractivity contribution in [3.8, 4) is 0 Å². The molecule has 7 nitrogen and oxygen atoms in total. The lowest BCUT2D eigenvalue weighted by molar-refractivity contribution is -0.134. The number of amides is 2. The summed E-state index contributed by atoms with van der Waals surface area (Å²) in [5.41, 5.74) is 0. The fraction of sp³-hybridized carbons (Fsp3) is 0.300. The van der Waals surface area contributed by atoms with E-state index >= 15 is 0 Å². The molecule has 0 saturated carbocycles. The molecular weight excluding hydrogens is 329 g/mol. The van der Waals surface area contributed by atoms with Gasteiger partial charge in [0, 0.05) is 12.6 Å². The molecule has 10 heteroatoms. The third kappa shape index (κ3) is 3.26. The lowest BCUT2D eigenvalue weighted by Gasteiger charge is -2.21. The van der Waals surface area contributed by atoms with Crippen molar-refractivity contribution in [2.45, 2.75) is 23.8 Å². The van der Waals surface area contributed by atoms with Gasteiger partial charge in [-0.1, -0.05) is 23.2 Å². The molecule has 1 aliphatic rings. The summed E-state index contributed by atoms with van der Waals surface area (Å²) in [5.74, 6) is -1.11. The smallest absolute Gasteiger partial charge is 0.244 e. The number of nitrogens with one attached hydrogen (secondary N) is 2. The monoisotopic (exact) mass is 337 g/mol. The van der Waals surface area contributed by atoms with Crippen molar-refractivity contribution >= 4 is 45.0 Å². The Labute approximate surface area is 124 Å². The van der Waals surface area contributed by atoms with Crippen LogP contribution in [0.5, 0.6) is 0 Å². The van der Waals surface area contributed by atoms with Crippen LogP contribution in [0.15, 0.2) is 17.2 Å². The van der Waals surface area contributed by atoms with E-state index < -0.39 is 27.9 Å². The molecule has 2 amide bonds. The Bertz CT molecular complexity index is 677. The first-order valence-corrected chi connectivity index (χ1v) is 7.70. The van der Waals surface area contributed by atoms with E-state index in [2.05, 4.69) is 15.0 Å². The second-order valence-electron chi connectivity index (χ2n) is 4.07. The number of carbonyl (C=O) groups excluding carboxylic acids is 2. The predicted molar refractivity (Wildman–Crippen MR) is 70.8 cm³/mol. The molecule has 1 fully saturated rings. The fourth-order valence-electron chi connectivity index (χ4n) is 1.61. The van der Waals surface area contributed by atoms with Gasteiger partial charge in [-0.3, -0.25) is 14.9 Å². The quantitative estimate of drug-likeness (QED) is 0.616. The Kier molecular flexibility index (Phi) is 4.28. The van der Waals surface area contributed by atoms with E-state index in [-0.39, 0.29) is 27.9 Å². The highest BCUT2D eigenvalue weighted by Crippen LogP contribution is 2.22. The van der Waals surface area contributed by atoms with E-state index in [0.29, 0.717) is 0 Å². The Morgan fingerprint density at radius 3 is 2.65 bits per heavy atom. The number of sulfonamides is 1. The second-order valence-corrected chi connectivity index (χ2v) is 6.55. The Morgan fingerprint density at radius 1 is 1.35 bits per heavy atom. The molecule has 0 radical (unpaired) electrons. The fourth-order valence-corrected chi connectivity index (χ4v) is 3.15. The Balaban J connectivity index is 2.21. The van der Waals surface area contributed by atoms with Crippen LogP contribution in [0, 0.1) is 0 Å². The molecule has 2 heterocycles. The van der Waals surface area contributed by atoms with Crippen LogP contribution >= 0.6 is 23.2 Å². The summed E-state index contributed by atoms with van der Waals surface area (Å²) in [7, 11) is -3.98. The van der Waals surface area contributed by atoms with Crippen molar-refractivity contribution in [1.82, 2.24) is 15.0 Å². The number of nitrogens with zero attached hydrogens (tertiary/aromatic N) is 1. The van der Waals surface area contributed by atoms with Crippen LogP contribution in [-0.4, -0.2) is 31.3 Å². The van der Waals surface area contributed by atoms with E-state index in [1.807, 2.05) is 0 Å². The number of hydrogen-bond donors (Lipinski definition) is 2. The van der Waals surface area contributed by atoms with Crippen molar-refractivity contribution < 1.29 is 18.0 Å². The van der Waals surface area contributed by atoms with Crippen molar-refractivity contribution in [3.63, 3.8) is 0 Å². The zero-order chi connectivity index (χ0) is 14.9. The SMILES string of the molecule is O=C1CCC(NS(=O)(=O)c2cnc(Cl)c(Cl)c2)C(=O)N1. The summed E-state index contributed by atoms with van der Waals surface area (Å²) in [5, 5.41) is 2.02. The molecule has 2 rings (SSSR count). The zero-order valence-corrected chi connectivity index (χ0v) is 12.2. The third-order valence-corrected chi connectivity index (χ3v) is 4.74. The molecule has 108 valence electrons. The van der Waals surface area contributed by atoms with Gasteiger partial charge < -0.3 is 0 Å². The summed E-state index contributed by atoms with van der Waals surface area (Å²) >= 11 is 11.3. The predicted octanol–water partition coefficient (Wildman–Crippen LogP) is 0.472. The van der Waals surface area contributed by atoms with Gasteiger partial charge in [-0.05, 0) is 12.5 Å². The van der Waals surface area contributed by atoms with Gasteiger partial charge in [0.2, 0.25) is 21.8 Å². The maximum Gasteiger partial charge on any atom is 0.244 e. The summed E-state index contributed by atoms with van der Waals surface area (Å²) in [6, 6.07) is 0.123. The molecule has 0 aromatic carbocycles. The molecule has 1 saturated heterocycles. The first-order chi connectivity index (χ1) is 9.29. The van der Waals surface area contributed by atoms with E-state index in [1.165, 1.54) is 0 Å². The van der Waals surface area contributed by atoms with Gasteiger partial charge in [0.15, 0.2) is 0 Å². The van der Waals surface area contributed by atoms with Crippen LogP contribution in [0.1, 0.15) is 12.8 Å². The van der Waals surface area contributed by atoms with Gasteiger partial charge in [-0.25, -0.2) is 13.4 Å². The molecule has 1 unspecified atom stereocenters. The number of pyridine rings is 1. The van der Waals surface area contributed by atoms with Crippen molar-refractivity contribution in [1.29, 1.82) is 0 Å². The molecule has 0 aliphatic carbocycles. The van der Waals surface area contributed by atoms with Crippen LogP contribution in [0.2, 0.25) is 10.2 Å². The molecule has 0 bridgehead atoms. The maximum absolute atomic E-state index is 12.1. The van der Waals surface area contributed by atoms with Crippen molar-refractivity contribution in [3.05, 3.63) is 22.4 Å². The average molecular weight is 338 g/mol. The van der Waals surface area contributed by atoms with Crippen LogP contribution in [0.25, 0.3) is 0 Å². The molecule has 20 heavy (non-hydrogen) atoms. The lowest BCUT2D eigenvalue weighted by Crippen LogP contribution is -2.52. The highest BCUT2D eigenvalue weighted by molar-refractivity contribution is 7.89. The molecule has 1 aromatic heterocycles. The van der Waals surface area contributed by atoms with Gasteiger partial charge in [0.05, 0.1) is 5.02 Å². The maximum atomic E-state index is 12.1. The van der Waals surface area contributed by atoms with E-state index in [1.54, 1.807) is 0 Å². The van der Waals surface area contributed by atoms with Crippen LogP contribution < -0.4 is 10.0 Å². The van der Waals surface area contributed by atoms with Crippen LogP contribution in [0.3, 0.4) is 0 Å². The average Bonchev–Trinajstić information content (AvgIpc) is 2.36. The van der Waals surface area contributed by atoms with Gasteiger partial charge >= 0.3 is 0 Å². The van der Waals surface area contributed by atoms with Crippen LogP contribution in [0.4, 0.5) is 0 Å². The van der Waals surface area contributed by atoms with E-state index in [0.717, 1.165) is 12.3 Å². The minimum atomic E-state index is -3.98. The lowest BCUT2D eigenvalue weighted by atomic mass is 10.1. The third-order valence-electron chi connectivity index (χ3n) is 2.62. The first kappa shape index (κ1) is 15.2. The zero-order valence-electron chi connectivity index (χ0n) is 9.89. The van der Waals surface area contributed by atoms with Gasteiger partial charge in [0.25, 0.3) is 0 Å². The molecule has 0 spiro atoms. The number of imide groups is 1. The number of halogens is 2. The van der Waals surface area contributed by atoms with E-state index in [9.17, 15) is 18.0 Å². The number of carbonyl (C=O) groups is 2. The number of piperidine rings is 1. The van der Waals surface area contributed by atoms with E-state index in [4.69, 9.17) is 23.2 Å². The highest BCUT2D eigenvalue weighted by Gasteiger charge is 2.31. The normalized spacial score (nSPS) is 19.8. The Morgan fingerprint density at radius 2 is 2.05 bits per heavy atom. The summed E-state index contributed by atoms with van der Waals surface area (Å²) in [4.78, 5) is 25.9. The highest BCUT2D eigenvalue weighted by atomic mass is 35.5. The number of aromatic nitrogens is 1.